The quantitative estimate of drug-likeness (QED) is 0.935. The number of anilines is 1. The third-order valence-corrected chi connectivity index (χ3v) is 6.11. The lowest BCUT2D eigenvalue weighted by Gasteiger charge is -2.15. The Labute approximate surface area is 128 Å². The molecule has 21 heavy (non-hydrogen) atoms. The number of nitrogens with zero attached hydrogens (tertiary/aromatic N) is 3. The molecule has 2 aromatic rings. The van der Waals surface area contributed by atoms with Gasteiger partial charge in [-0.25, -0.2) is 13.4 Å². The van der Waals surface area contributed by atoms with E-state index in [9.17, 15) is 8.42 Å². The molecule has 0 saturated heterocycles. The Morgan fingerprint density at radius 3 is 3.05 bits per heavy atom. The normalized spacial score (nSPS) is 18.5. The third kappa shape index (κ3) is 2.96. The first-order chi connectivity index (χ1) is 9.98. The molecule has 0 spiro atoms. The van der Waals surface area contributed by atoms with Gasteiger partial charge in [-0.1, -0.05) is 6.92 Å². The molecule has 0 bridgehead atoms. The van der Waals surface area contributed by atoms with E-state index < -0.39 is 10.0 Å². The fourth-order valence-electron chi connectivity index (χ4n) is 2.41. The Hall–Kier alpha value is -1.41. The van der Waals surface area contributed by atoms with Crippen LogP contribution >= 0.6 is 11.3 Å². The fourth-order valence-corrected chi connectivity index (χ4v) is 4.77. The van der Waals surface area contributed by atoms with Crippen LogP contribution in [0.25, 0.3) is 0 Å². The van der Waals surface area contributed by atoms with Crippen molar-refractivity contribution in [2.24, 2.45) is 5.92 Å². The van der Waals surface area contributed by atoms with Crippen molar-refractivity contribution in [3.63, 3.8) is 0 Å². The van der Waals surface area contributed by atoms with Crippen molar-refractivity contribution in [3.05, 3.63) is 23.0 Å². The molecule has 1 atom stereocenters. The van der Waals surface area contributed by atoms with Gasteiger partial charge in [-0.2, -0.15) is 5.10 Å². The summed E-state index contributed by atoms with van der Waals surface area (Å²) in [6.07, 6.45) is 5.93. The highest BCUT2D eigenvalue weighted by Crippen LogP contribution is 2.32. The van der Waals surface area contributed by atoms with Crippen molar-refractivity contribution < 1.29 is 8.42 Å². The molecule has 3 rings (SSSR count). The van der Waals surface area contributed by atoms with Gasteiger partial charge in [0.2, 0.25) is 0 Å². The lowest BCUT2D eigenvalue weighted by Crippen LogP contribution is -2.12. The van der Waals surface area contributed by atoms with Gasteiger partial charge in [0.05, 0.1) is 11.9 Å². The summed E-state index contributed by atoms with van der Waals surface area (Å²) in [6.45, 7) is 4.76. The zero-order valence-corrected chi connectivity index (χ0v) is 13.7. The van der Waals surface area contributed by atoms with E-state index >= 15 is 0 Å². The van der Waals surface area contributed by atoms with Crippen molar-refractivity contribution in [3.8, 4) is 0 Å². The number of aryl methyl sites for hydroxylation is 2. The monoisotopic (exact) mass is 326 g/mol. The molecule has 8 heteroatoms. The van der Waals surface area contributed by atoms with Crippen LogP contribution in [-0.2, 0) is 29.4 Å². The van der Waals surface area contributed by atoms with Crippen molar-refractivity contribution >= 4 is 26.5 Å². The molecule has 0 unspecified atom stereocenters. The molecule has 1 aliphatic rings. The average Bonchev–Trinajstić information content (AvgIpc) is 3.03. The Bertz CT molecular complexity index is 748. The van der Waals surface area contributed by atoms with E-state index in [1.165, 1.54) is 28.6 Å². The second kappa shape index (κ2) is 5.42. The molecule has 0 saturated carbocycles. The van der Waals surface area contributed by atoms with Gasteiger partial charge in [-0.3, -0.25) is 9.40 Å². The van der Waals surface area contributed by atoms with Gasteiger partial charge in [0.25, 0.3) is 10.0 Å². The summed E-state index contributed by atoms with van der Waals surface area (Å²) < 4.78 is 28.8. The van der Waals surface area contributed by atoms with Crippen molar-refractivity contribution in [1.82, 2.24) is 14.8 Å². The minimum absolute atomic E-state index is 0.172. The minimum atomic E-state index is -3.60. The van der Waals surface area contributed by atoms with Gasteiger partial charge >= 0.3 is 0 Å². The molecule has 2 heterocycles. The zero-order valence-electron chi connectivity index (χ0n) is 12.0. The largest absolute Gasteiger partial charge is 0.272 e. The van der Waals surface area contributed by atoms with Crippen molar-refractivity contribution in [2.75, 3.05) is 4.72 Å². The number of aromatic nitrogens is 3. The van der Waals surface area contributed by atoms with Crippen LogP contribution in [0.15, 0.2) is 17.3 Å². The van der Waals surface area contributed by atoms with E-state index in [0.29, 0.717) is 17.6 Å². The summed E-state index contributed by atoms with van der Waals surface area (Å²) >= 11 is 1.44. The van der Waals surface area contributed by atoms with Gasteiger partial charge < -0.3 is 0 Å². The Morgan fingerprint density at radius 1 is 1.52 bits per heavy atom. The predicted octanol–water partition coefficient (Wildman–Crippen LogP) is 2.29. The van der Waals surface area contributed by atoms with Gasteiger partial charge in [-0.05, 0) is 32.1 Å². The van der Waals surface area contributed by atoms with Crippen LogP contribution in [0.4, 0.5) is 5.13 Å². The topological polar surface area (TPSA) is 76.9 Å². The van der Waals surface area contributed by atoms with E-state index in [2.05, 4.69) is 21.7 Å². The van der Waals surface area contributed by atoms with E-state index in [0.717, 1.165) is 25.0 Å². The smallest absolute Gasteiger partial charge is 0.266 e. The summed E-state index contributed by atoms with van der Waals surface area (Å²) in [5.41, 5.74) is 1.04. The first kappa shape index (κ1) is 14.5. The number of hydrogen-bond acceptors (Lipinski definition) is 5. The van der Waals surface area contributed by atoms with E-state index in [1.807, 2.05) is 6.92 Å². The van der Waals surface area contributed by atoms with E-state index in [4.69, 9.17) is 0 Å². The van der Waals surface area contributed by atoms with Crippen LogP contribution in [0.5, 0.6) is 0 Å². The Balaban J connectivity index is 1.82. The molecular weight excluding hydrogens is 308 g/mol. The standard InChI is InChI=1S/C13H18N4O2S2/c1-3-17-8-10(7-14-17)21(18,19)16-13-15-11-5-4-9(2)6-12(11)20-13/h7-9H,3-6H2,1-2H3,(H,15,16)/t9-/m0/s1. The number of rotatable bonds is 4. The highest BCUT2D eigenvalue weighted by Gasteiger charge is 2.23. The second-order valence-electron chi connectivity index (χ2n) is 5.37. The predicted molar refractivity (Wildman–Crippen MR) is 82.0 cm³/mol. The molecular formula is C13H18N4O2S2. The van der Waals surface area contributed by atoms with Gasteiger partial charge in [-0.15, -0.1) is 11.3 Å². The summed E-state index contributed by atoms with van der Waals surface area (Å²) in [6, 6.07) is 0. The van der Waals surface area contributed by atoms with Crippen LogP contribution in [-0.4, -0.2) is 23.2 Å². The van der Waals surface area contributed by atoms with Gasteiger partial charge in [0, 0.05) is 17.6 Å². The van der Waals surface area contributed by atoms with Crippen LogP contribution in [0, 0.1) is 5.92 Å². The number of fused-ring (bicyclic) bond motifs is 1. The summed E-state index contributed by atoms with van der Waals surface area (Å²) in [7, 11) is -3.60. The Morgan fingerprint density at radius 2 is 2.33 bits per heavy atom. The maximum Gasteiger partial charge on any atom is 0.266 e. The molecule has 0 radical (unpaired) electrons. The van der Waals surface area contributed by atoms with E-state index in [-0.39, 0.29) is 4.90 Å². The first-order valence-corrected chi connectivity index (χ1v) is 9.31. The molecule has 1 aliphatic carbocycles. The maximum absolute atomic E-state index is 12.3. The first-order valence-electron chi connectivity index (χ1n) is 7.02. The second-order valence-corrected chi connectivity index (χ2v) is 8.14. The molecule has 0 aliphatic heterocycles. The van der Waals surface area contributed by atoms with Crippen molar-refractivity contribution in [2.45, 2.75) is 44.6 Å². The molecule has 1 N–H and O–H groups in total. The number of nitrogens with one attached hydrogen (secondary N) is 1. The molecule has 0 aromatic carbocycles. The fraction of sp³-hybridized carbons (Fsp3) is 0.538. The van der Waals surface area contributed by atoms with Gasteiger partial charge in [0.15, 0.2) is 5.13 Å². The van der Waals surface area contributed by atoms with Crippen molar-refractivity contribution in [1.29, 1.82) is 0 Å². The number of hydrogen-bond donors (Lipinski definition) is 1. The summed E-state index contributed by atoms with van der Waals surface area (Å²) in [5.74, 6) is 0.644. The highest BCUT2D eigenvalue weighted by molar-refractivity contribution is 7.93. The average molecular weight is 326 g/mol. The number of thiazole rings is 1. The molecule has 2 aromatic heterocycles. The van der Waals surface area contributed by atoms with Crippen LogP contribution in [0.2, 0.25) is 0 Å². The minimum Gasteiger partial charge on any atom is -0.272 e. The highest BCUT2D eigenvalue weighted by atomic mass is 32.2. The lowest BCUT2D eigenvalue weighted by atomic mass is 9.93. The molecule has 114 valence electrons. The number of sulfonamides is 1. The van der Waals surface area contributed by atoms with E-state index in [1.54, 1.807) is 4.68 Å². The Kier molecular flexibility index (Phi) is 3.75. The van der Waals surface area contributed by atoms with Crippen LogP contribution < -0.4 is 4.72 Å². The van der Waals surface area contributed by atoms with Crippen LogP contribution in [0.3, 0.4) is 0 Å². The summed E-state index contributed by atoms with van der Waals surface area (Å²) in [4.78, 5) is 5.80. The summed E-state index contributed by atoms with van der Waals surface area (Å²) in [5, 5.41) is 4.45. The van der Waals surface area contributed by atoms with Gasteiger partial charge in [0.1, 0.15) is 4.90 Å². The molecule has 0 amide bonds. The lowest BCUT2D eigenvalue weighted by molar-refractivity contribution is 0.502. The van der Waals surface area contributed by atoms with Crippen LogP contribution in [0.1, 0.15) is 30.8 Å². The third-order valence-electron chi connectivity index (χ3n) is 3.65. The molecule has 6 nitrogen and oxygen atoms in total. The molecule has 0 fully saturated rings. The SMILES string of the molecule is CCn1cc(S(=O)(=O)Nc2nc3c(s2)C[C@@H](C)CC3)cn1. The zero-order chi connectivity index (χ0) is 15.0. The maximum atomic E-state index is 12.3.